The fourth-order valence-corrected chi connectivity index (χ4v) is 2.63. The number of aromatic nitrogens is 4. The van der Waals surface area contributed by atoms with E-state index in [4.69, 9.17) is 0 Å². The molecule has 0 radical (unpaired) electrons. The number of carbonyl (C=O) groups excluding carboxylic acids is 1. The van der Waals surface area contributed by atoms with Crippen molar-refractivity contribution in [2.45, 2.75) is 6.54 Å². The Hall–Kier alpha value is -3.61. The molecule has 4 rings (SSSR count). The van der Waals surface area contributed by atoms with Crippen LogP contribution in [-0.4, -0.2) is 25.9 Å². The number of halogens is 1. The largest absolute Gasteiger partial charge is 0.321 e. The Morgan fingerprint density at radius 2 is 1.96 bits per heavy atom. The van der Waals surface area contributed by atoms with Crippen molar-refractivity contribution in [1.29, 1.82) is 0 Å². The predicted octanol–water partition coefficient (Wildman–Crippen LogP) is 3.27. The Balaban J connectivity index is 1.57. The lowest BCUT2D eigenvalue weighted by Crippen LogP contribution is -2.11. The van der Waals surface area contributed by atoms with Crippen LogP contribution in [0.2, 0.25) is 0 Å². The minimum absolute atomic E-state index is 0.243. The number of pyridine rings is 1. The van der Waals surface area contributed by atoms with Gasteiger partial charge in [-0.05, 0) is 48.0 Å². The van der Waals surface area contributed by atoms with Crippen molar-refractivity contribution in [3.63, 3.8) is 0 Å². The van der Waals surface area contributed by atoms with Gasteiger partial charge in [0.15, 0.2) is 0 Å². The van der Waals surface area contributed by atoms with Gasteiger partial charge in [-0.15, -0.1) is 5.10 Å². The molecule has 0 bridgehead atoms. The molecule has 4 aromatic rings. The topological polar surface area (TPSA) is 72.7 Å². The molecule has 0 aliphatic carbocycles. The quantitative estimate of drug-likeness (QED) is 0.615. The molecular formula is C19H14FN5O. The normalized spacial score (nSPS) is 10.8. The lowest BCUT2D eigenvalue weighted by Gasteiger charge is -2.05. The molecule has 128 valence electrons. The predicted molar refractivity (Wildman–Crippen MR) is 95.2 cm³/mol. The second-order valence-electron chi connectivity index (χ2n) is 5.77. The number of nitrogens with one attached hydrogen (secondary N) is 1. The molecule has 6 nitrogen and oxygen atoms in total. The first kappa shape index (κ1) is 15.9. The maximum atomic E-state index is 13.0. The van der Waals surface area contributed by atoms with Crippen molar-refractivity contribution in [1.82, 2.24) is 20.0 Å². The second-order valence-corrected chi connectivity index (χ2v) is 5.77. The zero-order chi connectivity index (χ0) is 17.9. The van der Waals surface area contributed by atoms with Gasteiger partial charge in [0.05, 0.1) is 23.9 Å². The Kier molecular flexibility index (Phi) is 4.10. The number of rotatable bonds is 4. The zero-order valence-corrected chi connectivity index (χ0v) is 13.6. The van der Waals surface area contributed by atoms with E-state index in [2.05, 4.69) is 20.6 Å². The van der Waals surface area contributed by atoms with Crippen molar-refractivity contribution < 1.29 is 9.18 Å². The van der Waals surface area contributed by atoms with Crippen molar-refractivity contribution in [3.8, 4) is 0 Å². The van der Waals surface area contributed by atoms with Crippen LogP contribution in [0.4, 0.5) is 10.1 Å². The van der Waals surface area contributed by atoms with Gasteiger partial charge in [0.1, 0.15) is 11.3 Å². The van der Waals surface area contributed by atoms with Gasteiger partial charge in [-0.25, -0.2) is 9.07 Å². The van der Waals surface area contributed by atoms with E-state index in [1.807, 2.05) is 0 Å². The molecule has 1 N–H and O–H groups in total. The van der Waals surface area contributed by atoms with Crippen LogP contribution >= 0.6 is 0 Å². The zero-order valence-electron chi connectivity index (χ0n) is 13.6. The monoisotopic (exact) mass is 347 g/mol. The summed E-state index contributed by atoms with van der Waals surface area (Å²) < 4.78 is 14.7. The molecule has 0 unspecified atom stereocenters. The molecule has 0 saturated carbocycles. The van der Waals surface area contributed by atoms with Gasteiger partial charge in [-0.2, -0.15) is 0 Å². The van der Waals surface area contributed by atoms with E-state index in [9.17, 15) is 9.18 Å². The molecule has 0 atom stereocenters. The number of amides is 1. The van der Waals surface area contributed by atoms with E-state index in [-0.39, 0.29) is 11.7 Å². The number of benzene rings is 2. The first-order valence-electron chi connectivity index (χ1n) is 7.98. The number of carbonyl (C=O) groups is 1. The molecular weight excluding hydrogens is 333 g/mol. The third-order valence-electron chi connectivity index (χ3n) is 3.94. The van der Waals surface area contributed by atoms with Gasteiger partial charge in [0.2, 0.25) is 0 Å². The molecule has 2 aromatic carbocycles. The van der Waals surface area contributed by atoms with Crippen molar-refractivity contribution in [2.24, 2.45) is 0 Å². The van der Waals surface area contributed by atoms with Crippen LogP contribution in [0.15, 0.2) is 67.0 Å². The smallest absolute Gasteiger partial charge is 0.255 e. The highest BCUT2D eigenvalue weighted by Gasteiger charge is 2.11. The van der Waals surface area contributed by atoms with Gasteiger partial charge in [-0.1, -0.05) is 17.3 Å². The molecule has 0 aliphatic heterocycles. The highest BCUT2D eigenvalue weighted by Crippen LogP contribution is 2.16. The summed E-state index contributed by atoms with van der Waals surface area (Å²) >= 11 is 0. The average molecular weight is 347 g/mol. The Morgan fingerprint density at radius 1 is 1.12 bits per heavy atom. The molecule has 2 aromatic heterocycles. The minimum atomic E-state index is -0.276. The maximum absolute atomic E-state index is 13.0. The van der Waals surface area contributed by atoms with E-state index in [1.165, 1.54) is 12.1 Å². The van der Waals surface area contributed by atoms with Crippen LogP contribution in [0.5, 0.6) is 0 Å². The van der Waals surface area contributed by atoms with Gasteiger partial charge in [0.25, 0.3) is 5.91 Å². The van der Waals surface area contributed by atoms with E-state index >= 15 is 0 Å². The molecule has 26 heavy (non-hydrogen) atoms. The molecule has 2 heterocycles. The van der Waals surface area contributed by atoms with Gasteiger partial charge >= 0.3 is 0 Å². The summed E-state index contributed by atoms with van der Waals surface area (Å²) in [5.74, 6) is -0.519. The summed E-state index contributed by atoms with van der Waals surface area (Å²) in [6, 6.07) is 15.0. The number of nitrogens with zero attached hydrogens (tertiary/aromatic N) is 4. The van der Waals surface area contributed by atoms with Gasteiger partial charge in [0, 0.05) is 11.8 Å². The number of hydrogen-bond donors (Lipinski definition) is 1. The Morgan fingerprint density at radius 3 is 2.73 bits per heavy atom. The van der Waals surface area contributed by atoms with Crippen molar-refractivity contribution >= 4 is 22.6 Å². The van der Waals surface area contributed by atoms with Crippen LogP contribution in [0, 0.1) is 5.82 Å². The van der Waals surface area contributed by atoms with Gasteiger partial charge < -0.3 is 5.32 Å². The highest BCUT2D eigenvalue weighted by atomic mass is 19.1. The summed E-state index contributed by atoms with van der Waals surface area (Å²) in [6.07, 6.45) is 3.22. The van der Waals surface area contributed by atoms with E-state index in [0.717, 1.165) is 11.1 Å². The highest BCUT2D eigenvalue weighted by molar-refractivity contribution is 6.05. The van der Waals surface area contributed by atoms with E-state index < -0.39 is 0 Å². The minimum Gasteiger partial charge on any atom is -0.321 e. The summed E-state index contributed by atoms with van der Waals surface area (Å²) in [5, 5.41) is 11.0. The van der Waals surface area contributed by atoms with Crippen LogP contribution in [0.3, 0.4) is 0 Å². The summed E-state index contributed by atoms with van der Waals surface area (Å²) in [6.45, 7) is 0.470. The standard InChI is InChI=1S/C19H14FN5O/c20-15-6-3-13(4-7-15)12-25-18-8-5-14(10-17(18)23-24-25)19(26)22-16-2-1-9-21-11-16/h1-11H,12H2,(H,22,26). The molecule has 0 aliphatic rings. The summed E-state index contributed by atoms with van der Waals surface area (Å²) in [7, 11) is 0. The fourth-order valence-electron chi connectivity index (χ4n) is 2.63. The number of hydrogen-bond acceptors (Lipinski definition) is 4. The van der Waals surface area contributed by atoms with Gasteiger partial charge in [-0.3, -0.25) is 9.78 Å². The van der Waals surface area contributed by atoms with Crippen LogP contribution in [0.25, 0.3) is 11.0 Å². The summed E-state index contributed by atoms with van der Waals surface area (Å²) in [4.78, 5) is 16.3. The third kappa shape index (κ3) is 3.27. The lowest BCUT2D eigenvalue weighted by molar-refractivity contribution is 0.102. The SMILES string of the molecule is O=C(Nc1cccnc1)c1ccc2c(c1)nnn2Cc1ccc(F)cc1. The van der Waals surface area contributed by atoms with Crippen LogP contribution in [0.1, 0.15) is 15.9 Å². The van der Waals surface area contributed by atoms with Crippen molar-refractivity contribution in [2.75, 3.05) is 5.32 Å². The molecule has 7 heteroatoms. The van der Waals surface area contributed by atoms with E-state index in [1.54, 1.807) is 59.5 Å². The van der Waals surface area contributed by atoms with E-state index in [0.29, 0.717) is 23.3 Å². The van der Waals surface area contributed by atoms with Crippen LogP contribution in [-0.2, 0) is 6.54 Å². The molecule has 0 spiro atoms. The van der Waals surface area contributed by atoms with Crippen LogP contribution < -0.4 is 5.32 Å². The third-order valence-corrected chi connectivity index (χ3v) is 3.94. The molecule has 1 amide bonds. The number of anilines is 1. The molecule has 0 fully saturated rings. The fraction of sp³-hybridized carbons (Fsp3) is 0.0526. The molecule has 0 saturated heterocycles. The Bertz CT molecular complexity index is 1060. The lowest BCUT2D eigenvalue weighted by atomic mass is 10.1. The maximum Gasteiger partial charge on any atom is 0.255 e. The average Bonchev–Trinajstić information content (AvgIpc) is 3.06. The second kappa shape index (κ2) is 6.72. The van der Waals surface area contributed by atoms with Crippen molar-refractivity contribution in [3.05, 3.63) is 83.9 Å². The number of fused-ring (bicyclic) bond motifs is 1. The first-order chi connectivity index (χ1) is 12.7. The first-order valence-corrected chi connectivity index (χ1v) is 7.98. The Labute approximate surface area is 148 Å². The summed E-state index contributed by atoms with van der Waals surface area (Å²) in [5.41, 5.74) is 3.43.